The van der Waals surface area contributed by atoms with Crippen LogP contribution in [0.3, 0.4) is 0 Å². The average Bonchev–Trinajstić information content (AvgIpc) is 3.02. The lowest BCUT2D eigenvalue weighted by Gasteiger charge is -2.33. The second-order valence-corrected chi connectivity index (χ2v) is 12.7. The Balaban J connectivity index is 1.78. The fourth-order valence-electron chi connectivity index (χ4n) is 5.00. The Bertz CT molecular complexity index is 1440. The molecule has 1 aliphatic rings. The van der Waals surface area contributed by atoms with Crippen LogP contribution in [-0.2, 0) is 30.3 Å². The molecular weight excluding hydrogens is 620 g/mol. The Morgan fingerprint density at radius 2 is 1.85 bits per heavy atom. The van der Waals surface area contributed by atoms with Crippen LogP contribution in [0.1, 0.15) is 56.6 Å². The van der Waals surface area contributed by atoms with Crippen molar-refractivity contribution in [1.82, 2.24) is 25.4 Å². The summed E-state index contributed by atoms with van der Waals surface area (Å²) in [6.07, 6.45) is 2.65. The fraction of sp³-hybridized carbons (Fsp3) is 0.529. The van der Waals surface area contributed by atoms with Crippen LogP contribution in [0.15, 0.2) is 36.5 Å². The van der Waals surface area contributed by atoms with E-state index in [0.29, 0.717) is 25.1 Å². The van der Waals surface area contributed by atoms with Gasteiger partial charge in [0.05, 0.1) is 25.4 Å². The van der Waals surface area contributed by atoms with Gasteiger partial charge in [-0.15, -0.1) is 0 Å². The lowest BCUT2D eigenvalue weighted by molar-refractivity contribution is -0.136. The Hall–Kier alpha value is -4.56. The highest BCUT2D eigenvalue weighted by Crippen LogP contribution is 2.26. The van der Waals surface area contributed by atoms with E-state index in [2.05, 4.69) is 20.9 Å². The Morgan fingerprint density at radius 3 is 2.54 bits per heavy atom. The number of likely N-dealkylation sites (tertiary alicyclic amines) is 1. The first-order valence-electron chi connectivity index (χ1n) is 16.1. The second kappa shape index (κ2) is 18.1. The summed E-state index contributed by atoms with van der Waals surface area (Å²) in [5.41, 5.74) is 1.99. The van der Waals surface area contributed by atoms with Gasteiger partial charge < -0.3 is 35.4 Å². The quantitative estimate of drug-likeness (QED) is 0.194. The summed E-state index contributed by atoms with van der Waals surface area (Å²) in [4.78, 5) is 70.3. The van der Waals surface area contributed by atoms with Gasteiger partial charge in [-0.2, -0.15) is 0 Å². The van der Waals surface area contributed by atoms with Gasteiger partial charge in [0, 0.05) is 51.4 Å². The van der Waals surface area contributed by atoms with Gasteiger partial charge in [-0.3, -0.25) is 24.1 Å². The number of nitrogens with zero attached hydrogens (tertiary/aromatic N) is 3. The van der Waals surface area contributed by atoms with E-state index in [9.17, 15) is 24.0 Å². The van der Waals surface area contributed by atoms with Crippen LogP contribution < -0.4 is 16.0 Å². The van der Waals surface area contributed by atoms with Crippen molar-refractivity contribution < 1.29 is 38.6 Å². The van der Waals surface area contributed by atoms with Crippen molar-refractivity contribution in [3.8, 4) is 11.1 Å². The van der Waals surface area contributed by atoms with E-state index >= 15 is 0 Å². The lowest BCUT2D eigenvalue weighted by Crippen LogP contribution is -2.46. The molecule has 2 heterocycles. The van der Waals surface area contributed by atoms with Crippen molar-refractivity contribution in [2.24, 2.45) is 5.92 Å². The number of carbonyl (C=O) groups is 5. The van der Waals surface area contributed by atoms with Crippen LogP contribution in [-0.4, -0.2) is 115 Å². The summed E-state index contributed by atoms with van der Waals surface area (Å²) in [7, 11) is 1.74. The number of hydrogen-bond acceptors (Lipinski definition) is 9. The van der Waals surface area contributed by atoms with Crippen LogP contribution in [0, 0.1) is 5.92 Å². The Kier molecular flexibility index (Phi) is 14.3. The van der Waals surface area contributed by atoms with Crippen LogP contribution in [0.5, 0.6) is 0 Å². The third-order valence-corrected chi connectivity index (χ3v) is 7.50. The minimum Gasteiger partial charge on any atom is -0.480 e. The molecule has 0 radical (unpaired) electrons. The molecule has 1 unspecified atom stereocenters. The SMILES string of the molecule is CCc1cccc(-c2cnc(C(=O)NCCOCCNCC(=O)O)c(NC(=O)CN(CC3CCN(C)C(=O)C3)C(=O)OC(C)(C)C)c2)c1. The smallest absolute Gasteiger partial charge is 0.410 e. The number of aromatic nitrogens is 1. The molecule has 2 aromatic rings. The number of aliphatic carboxylic acids is 1. The largest absolute Gasteiger partial charge is 0.480 e. The zero-order chi connectivity index (χ0) is 35.3. The number of rotatable bonds is 16. The number of carboxylic acid groups (broad SMARTS) is 1. The molecule has 0 aliphatic carbocycles. The van der Waals surface area contributed by atoms with Gasteiger partial charge in [-0.1, -0.05) is 31.2 Å². The molecule has 1 aromatic heterocycles. The first-order chi connectivity index (χ1) is 22.8. The first-order valence-corrected chi connectivity index (χ1v) is 16.1. The first kappa shape index (κ1) is 37.9. The van der Waals surface area contributed by atoms with Gasteiger partial charge in [0.1, 0.15) is 12.1 Å². The van der Waals surface area contributed by atoms with Gasteiger partial charge >= 0.3 is 12.1 Å². The normalized spacial score (nSPS) is 14.7. The molecule has 1 aromatic carbocycles. The standard InChI is InChI=1S/C34H48N6O8/c1-6-23-8-7-9-25(16-23)26-18-27(31(37-19-26)32(45)36-12-15-47-14-11-35-20-30(43)44)38-28(41)22-40(33(46)48-34(2,3)4)21-24-10-13-39(5)29(42)17-24/h7-9,16,18-19,24,35H,6,10-15,17,20-22H2,1-5H3,(H,36,45)(H,38,41)(H,43,44). The molecule has 1 saturated heterocycles. The number of nitrogens with one attached hydrogen (secondary N) is 3. The summed E-state index contributed by atoms with van der Waals surface area (Å²) in [5.74, 6) is -2.23. The number of pyridine rings is 1. The van der Waals surface area contributed by atoms with Crippen molar-refractivity contribution in [3.63, 3.8) is 0 Å². The van der Waals surface area contributed by atoms with E-state index in [0.717, 1.165) is 17.5 Å². The molecule has 0 bridgehead atoms. The Labute approximate surface area is 281 Å². The Morgan fingerprint density at radius 1 is 1.10 bits per heavy atom. The number of anilines is 1. The number of ether oxygens (including phenoxy) is 2. The fourth-order valence-corrected chi connectivity index (χ4v) is 5.00. The number of carbonyl (C=O) groups excluding carboxylic acids is 4. The molecule has 4 N–H and O–H groups in total. The summed E-state index contributed by atoms with van der Waals surface area (Å²) in [6.45, 7) is 8.35. The van der Waals surface area contributed by atoms with E-state index in [4.69, 9.17) is 14.6 Å². The molecule has 48 heavy (non-hydrogen) atoms. The molecule has 0 spiro atoms. The zero-order valence-electron chi connectivity index (χ0n) is 28.5. The maximum atomic E-state index is 13.5. The highest BCUT2D eigenvalue weighted by Gasteiger charge is 2.30. The highest BCUT2D eigenvalue weighted by molar-refractivity contribution is 6.03. The molecule has 1 aliphatic heterocycles. The van der Waals surface area contributed by atoms with Crippen LogP contribution >= 0.6 is 0 Å². The molecule has 1 fully saturated rings. The number of amides is 4. The van der Waals surface area contributed by atoms with Gasteiger partial charge in [-0.05, 0) is 56.7 Å². The minimum absolute atomic E-state index is 0.0217. The number of benzene rings is 1. The lowest BCUT2D eigenvalue weighted by atomic mass is 9.96. The van der Waals surface area contributed by atoms with Crippen molar-refractivity contribution in [2.45, 2.75) is 52.6 Å². The topological polar surface area (TPSA) is 180 Å². The van der Waals surface area contributed by atoms with Crippen molar-refractivity contribution in [3.05, 3.63) is 47.8 Å². The molecule has 14 nitrogen and oxygen atoms in total. The van der Waals surface area contributed by atoms with E-state index in [1.54, 1.807) is 45.0 Å². The van der Waals surface area contributed by atoms with Gasteiger partial charge in [-0.25, -0.2) is 9.78 Å². The molecule has 14 heteroatoms. The van der Waals surface area contributed by atoms with Crippen molar-refractivity contribution in [2.75, 3.05) is 64.8 Å². The van der Waals surface area contributed by atoms with Crippen molar-refractivity contribution in [1.29, 1.82) is 0 Å². The van der Waals surface area contributed by atoms with Crippen molar-refractivity contribution >= 4 is 35.5 Å². The van der Waals surface area contributed by atoms with Crippen LogP contribution in [0.25, 0.3) is 11.1 Å². The maximum Gasteiger partial charge on any atom is 0.410 e. The number of carboxylic acids is 1. The highest BCUT2D eigenvalue weighted by atomic mass is 16.6. The molecule has 1 atom stereocenters. The summed E-state index contributed by atoms with van der Waals surface area (Å²) in [6, 6.07) is 9.54. The summed E-state index contributed by atoms with van der Waals surface area (Å²) in [5, 5.41) is 16.9. The summed E-state index contributed by atoms with van der Waals surface area (Å²) < 4.78 is 11.0. The maximum absolute atomic E-state index is 13.5. The number of aryl methyl sites for hydroxylation is 1. The zero-order valence-corrected chi connectivity index (χ0v) is 28.5. The number of hydrogen-bond donors (Lipinski definition) is 4. The molecule has 262 valence electrons. The van der Waals surface area contributed by atoms with E-state index in [-0.39, 0.29) is 69.0 Å². The monoisotopic (exact) mass is 668 g/mol. The predicted octanol–water partition coefficient (Wildman–Crippen LogP) is 2.78. The molecular formula is C34H48N6O8. The van der Waals surface area contributed by atoms with Gasteiger partial charge in [0.2, 0.25) is 11.8 Å². The van der Waals surface area contributed by atoms with E-state index in [1.165, 1.54) is 4.90 Å². The summed E-state index contributed by atoms with van der Waals surface area (Å²) >= 11 is 0. The van der Waals surface area contributed by atoms with E-state index < -0.39 is 29.5 Å². The van der Waals surface area contributed by atoms with Gasteiger partial charge in [0.15, 0.2) is 5.69 Å². The third-order valence-electron chi connectivity index (χ3n) is 7.50. The van der Waals surface area contributed by atoms with Crippen LogP contribution in [0.4, 0.5) is 10.5 Å². The third kappa shape index (κ3) is 12.6. The number of piperidine rings is 1. The molecule has 3 rings (SSSR count). The minimum atomic E-state index is -0.965. The van der Waals surface area contributed by atoms with Gasteiger partial charge in [0.25, 0.3) is 5.91 Å². The van der Waals surface area contributed by atoms with Crippen LogP contribution in [0.2, 0.25) is 0 Å². The average molecular weight is 669 g/mol. The van der Waals surface area contributed by atoms with E-state index in [1.807, 2.05) is 31.2 Å². The molecule has 0 saturated carbocycles. The predicted molar refractivity (Wildman–Crippen MR) is 180 cm³/mol. The second-order valence-electron chi connectivity index (χ2n) is 12.7. The molecule has 4 amide bonds.